The highest BCUT2D eigenvalue weighted by Gasteiger charge is 2.41. The molecule has 0 spiro atoms. The molecule has 0 aromatic heterocycles. The Hall–Kier alpha value is -1.04. The highest BCUT2D eigenvalue weighted by Crippen LogP contribution is 2.28. The maximum Gasteiger partial charge on any atom is 0.246 e. The molecule has 2 aliphatic rings. The van der Waals surface area contributed by atoms with Gasteiger partial charge in [0.15, 0.2) is 0 Å². The summed E-state index contributed by atoms with van der Waals surface area (Å²) in [5.74, 6) is 1.48. The van der Waals surface area contributed by atoms with Crippen molar-refractivity contribution >= 4 is 29.4 Å². The van der Waals surface area contributed by atoms with Gasteiger partial charge in [0, 0.05) is 37.1 Å². The zero-order valence-electron chi connectivity index (χ0n) is 12.3. The molecule has 2 aliphatic heterocycles. The molecular weight excluding hydrogens is 276 g/mol. The van der Waals surface area contributed by atoms with E-state index < -0.39 is 5.41 Å². The number of piperidine rings is 1. The van der Waals surface area contributed by atoms with Crippen LogP contribution in [-0.4, -0.2) is 58.2 Å². The van der Waals surface area contributed by atoms with Crippen LogP contribution >= 0.6 is 11.8 Å². The zero-order chi connectivity index (χ0) is 14.9. The molecule has 2 rings (SSSR count). The van der Waals surface area contributed by atoms with E-state index >= 15 is 0 Å². The van der Waals surface area contributed by atoms with Crippen LogP contribution in [0.5, 0.6) is 0 Å². The number of carbonyl (C=O) groups is 3. The number of hydrogen-bond donors (Lipinski definition) is 0. The van der Waals surface area contributed by atoms with Crippen molar-refractivity contribution in [2.75, 3.05) is 24.7 Å². The van der Waals surface area contributed by atoms with Gasteiger partial charge in [0.2, 0.25) is 11.8 Å². The Balaban J connectivity index is 2.05. The highest BCUT2D eigenvalue weighted by molar-refractivity contribution is 7.99. The topological polar surface area (TPSA) is 57.7 Å². The van der Waals surface area contributed by atoms with E-state index in [9.17, 15) is 14.4 Å². The highest BCUT2D eigenvalue weighted by atomic mass is 32.2. The molecule has 2 saturated heterocycles. The number of ketones is 1. The van der Waals surface area contributed by atoms with Crippen LogP contribution < -0.4 is 0 Å². The number of Topliss-reactive ketones (excluding diaryl/α,β-unsaturated/α-hetero) is 1. The van der Waals surface area contributed by atoms with Gasteiger partial charge >= 0.3 is 0 Å². The Kier molecular flexibility index (Phi) is 4.42. The Bertz CT molecular complexity index is 421. The fraction of sp³-hybridized carbons (Fsp3) is 0.786. The molecule has 0 saturated carbocycles. The van der Waals surface area contributed by atoms with Gasteiger partial charge in [0.05, 0.1) is 5.88 Å². The first kappa shape index (κ1) is 15.4. The molecule has 1 atom stereocenters. The Labute approximate surface area is 124 Å². The predicted octanol–water partition coefficient (Wildman–Crippen LogP) is 1.13. The van der Waals surface area contributed by atoms with Gasteiger partial charge in [-0.2, -0.15) is 0 Å². The van der Waals surface area contributed by atoms with Crippen molar-refractivity contribution in [1.29, 1.82) is 0 Å². The van der Waals surface area contributed by atoms with E-state index in [1.807, 2.05) is 20.8 Å². The first-order chi connectivity index (χ1) is 9.30. The smallest absolute Gasteiger partial charge is 0.246 e. The Morgan fingerprint density at radius 3 is 2.35 bits per heavy atom. The average molecular weight is 298 g/mol. The monoisotopic (exact) mass is 298 g/mol. The number of amides is 2. The summed E-state index contributed by atoms with van der Waals surface area (Å²) >= 11 is 1.62. The quantitative estimate of drug-likeness (QED) is 0.728. The third-order valence-electron chi connectivity index (χ3n) is 3.70. The molecule has 112 valence electrons. The molecule has 5 nitrogen and oxygen atoms in total. The maximum atomic E-state index is 12.6. The van der Waals surface area contributed by atoms with Crippen LogP contribution in [-0.2, 0) is 14.4 Å². The minimum absolute atomic E-state index is 0.0000926. The second-order valence-electron chi connectivity index (χ2n) is 6.40. The molecule has 1 unspecified atom stereocenters. The van der Waals surface area contributed by atoms with E-state index in [1.165, 1.54) is 0 Å². The van der Waals surface area contributed by atoms with E-state index in [2.05, 4.69) is 0 Å². The van der Waals surface area contributed by atoms with Crippen molar-refractivity contribution in [3.05, 3.63) is 0 Å². The fourth-order valence-corrected chi connectivity index (χ4v) is 3.61. The second-order valence-corrected chi connectivity index (χ2v) is 7.40. The van der Waals surface area contributed by atoms with Gasteiger partial charge < -0.3 is 9.80 Å². The van der Waals surface area contributed by atoms with Crippen LogP contribution in [0, 0.1) is 5.41 Å². The Morgan fingerprint density at radius 2 is 1.80 bits per heavy atom. The van der Waals surface area contributed by atoms with E-state index in [0.29, 0.717) is 37.6 Å². The third-order valence-corrected chi connectivity index (χ3v) is 4.71. The third kappa shape index (κ3) is 3.16. The van der Waals surface area contributed by atoms with Crippen molar-refractivity contribution in [1.82, 2.24) is 9.80 Å². The molecule has 0 aliphatic carbocycles. The summed E-state index contributed by atoms with van der Waals surface area (Å²) in [6.45, 7) is 6.62. The molecule has 0 bridgehead atoms. The van der Waals surface area contributed by atoms with Crippen molar-refractivity contribution < 1.29 is 14.4 Å². The summed E-state index contributed by atoms with van der Waals surface area (Å²) < 4.78 is 0. The number of carbonyl (C=O) groups excluding carboxylic acids is 3. The number of likely N-dealkylation sites (tertiary alicyclic amines) is 1. The number of thioether (sulfide) groups is 1. The number of hydrogen-bond acceptors (Lipinski definition) is 4. The molecule has 0 aromatic carbocycles. The largest absolute Gasteiger partial charge is 0.340 e. The predicted molar refractivity (Wildman–Crippen MR) is 78.2 cm³/mol. The van der Waals surface area contributed by atoms with Crippen LogP contribution in [0.2, 0.25) is 0 Å². The SMILES string of the molecule is CC(C)(C)C(=O)N1CSCC1C(=O)N1CCC(=O)CC1. The van der Waals surface area contributed by atoms with Gasteiger partial charge in [-0.15, -0.1) is 11.8 Å². The molecule has 0 aromatic rings. The van der Waals surface area contributed by atoms with Crippen molar-refractivity contribution in [3.63, 3.8) is 0 Å². The summed E-state index contributed by atoms with van der Waals surface area (Å²) in [6.07, 6.45) is 0.887. The molecule has 0 N–H and O–H groups in total. The normalized spacial score (nSPS) is 24.1. The zero-order valence-corrected chi connectivity index (χ0v) is 13.2. The van der Waals surface area contributed by atoms with E-state index in [4.69, 9.17) is 0 Å². The lowest BCUT2D eigenvalue weighted by Gasteiger charge is -2.34. The summed E-state index contributed by atoms with van der Waals surface area (Å²) in [7, 11) is 0. The first-order valence-corrected chi connectivity index (χ1v) is 8.15. The van der Waals surface area contributed by atoms with Gasteiger partial charge in [0.25, 0.3) is 0 Å². The first-order valence-electron chi connectivity index (χ1n) is 7.00. The van der Waals surface area contributed by atoms with Crippen molar-refractivity contribution in [2.45, 2.75) is 39.7 Å². The Morgan fingerprint density at radius 1 is 1.20 bits per heavy atom. The molecule has 6 heteroatoms. The summed E-state index contributed by atoms with van der Waals surface area (Å²) in [5.41, 5.74) is -0.471. The van der Waals surface area contributed by atoms with Crippen LogP contribution in [0.1, 0.15) is 33.6 Å². The average Bonchev–Trinajstić information content (AvgIpc) is 2.85. The minimum atomic E-state index is -0.471. The number of rotatable bonds is 1. The van der Waals surface area contributed by atoms with Gasteiger partial charge in [0.1, 0.15) is 11.8 Å². The van der Waals surface area contributed by atoms with Crippen molar-refractivity contribution in [2.24, 2.45) is 5.41 Å². The molecule has 0 radical (unpaired) electrons. The summed E-state index contributed by atoms with van der Waals surface area (Å²) in [5, 5.41) is 0. The van der Waals surface area contributed by atoms with Crippen LogP contribution in [0.25, 0.3) is 0 Å². The minimum Gasteiger partial charge on any atom is -0.340 e. The summed E-state index contributed by atoms with van der Waals surface area (Å²) in [6, 6.07) is -0.361. The fourth-order valence-electron chi connectivity index (χ4n) is 2.47. The van der Waals surface area contributed by atoms with Crippen LogP contribution in [0.4, 0.5) is 0 Å². The summed E-state index contributed by atoms with van der Waals surface area (Å²) in [4.78, 5) is 39.6. The standard InChI is InChI=1S/C14H22N2O3S/c1-14(2,3)13(19)16-9-20-8-11(16)12(18)15-6-4-10(17)5-7-15/h11H,4-9H2,1-3H3. The molecular formula is C14H22N2O3S. The van der Waals surface area contributed by atoms with Crippen LogP contribution in [0.15, 0.2) is 0 Å². The van der Waals surface area contributed by atoms with Gasteiger partial charge in [-0.25, -0.2) is 0 Å². The lowest BCUT2D eigenvalue weighted by atomic mass is 9.94. The molecule has 2 heterocycles. The maximum absolute atomic E-state index is 12.6. The molecule has 2 fully saturated rings. The molecule has 20 heavy (non-hydrogen) atoms. The van der Waals surface area contributed by atoms with E-state index in [1.54, 1.807) is 21.6 Å². The van der Waals surface area contributed by atoms with Crippen molar-refractivity contribution in [3.8, 4) is 0 Å². The van der Waals surface area contributed by atoms with Gasteiger partial charge in [-0.05, 0) is 0 Å². The van der Waals surface area contributed by atoms with Gasteiger partial charge in [-0.1, -0.05) is 20.8 Å². The number of nitrogens with zero attached hydrogens (tertiary/aromatic N) is 2. The van der Waals surface area contributed by atoms with Gasteiger partial charge in [-0.3, -0.25) is 14.4 Å². The van der Waals surface area contributed by atoms with Crippen LogP contribution in [0.3, 0.4) is 0 Å². The lowest BCUT2D eigenvalue weighted by molar-refractivity contribution is -0.148. The molecule has 2 amide bonds. The lowest BCUT2D eigenvalue weighted by Crippen LogP contribution is -2.53. The van der Waals surface area contributed by atoms with E-state index in [0.717, 1.165) is 0 Å². The van der Waals surface area contributed by atoms with E-state index in [-0.39, 0.29) is 23.6 Å². The second kappa shape index (κ2) is 5.76.